The van der Waals surface area contributed by atoms with E-state index >= 15 is 0 Å². The van der Waals surface area contributed by atoms with E-state index in [-0.39, 0.29) is 11.3 Å². The van der Waals surface area contributed by atoms with Gasteiger partial charge in [-0.05, 0) is 36.4 Å². The number of carboxylic acids is 2. The number of anilines is 3. The van der Waals surface area contributed by atoms with E-state index in [4.69, 9.17) is 9.90 Å². The Hall–Kier alpha value is -3.69. The molecule has 1 saturated heterocycles. The van der Waals surface area contributed by atoms with Crippen LogP contribution in [0.15, 0.2) is 42.5 Å². The zero-order chi connectivity index (χ0) is 28.2. The number of rotatable bonds is 5. The lowest BCUT2D eigenvalue weighted by Crippen LogP contribution is -2.46. The van der Waals surface area contributed by atoms with Crippen molar-refractivity contribution in [3.05, 3.63) is 53.6 Å². The van der Waals surface area contributed by atoms with E-state index in [1.54, 1.807) is 6.07 Å². The van der Waals surface area contributed by atoms with Crippen molar-refractivity contribution in [3.8, 4) is 0 Å². The molecule has 1 aliphatic heterocycles. The zero-order valence-electron chi connectivity index (χ0n) is 19.0. The minimum absolute atomic E-state index is 0.0625. The summed E-state index contributed by atoms with van der Waals surface area (Å²) in [6.45, 7) is 1.67. The van der Waals surface area contributed by atoms with Crippen molar-refractivity contribution < 1.29 is 54.6 Å². The number of halogens is 6. The molecule has 0 unspecified atom stereocenters. The minimum Gasteiger partial charge on any atom is -0.478 e. The Morgan fingerprint density at radius 1 is 0.892 bits per heavy atom. The predicted octanol–water partition coefficient (Wildman–Crippen LogP) is 3.74. The van der Waals surface area contributed by atoms with Gasteiger partial charge in [-0.3, -0.25) is 4.72 Å². The first kappa shape index (κ1) is 29.5. The van der Waals surface area contributed by atoms with Crippen LogP contribution >= 0.6 is 0 Å². The van der Waals surface area contributed by atoms with Gasteiger partial charge in [0.15, 0.2) is 0 Å². The first-order chi connectivity index (χ1) is 16.9. The Balaban J connectivity index is 0.000000604. The van der Waals surface area contributed by atoms with Crippen LogP contribution in [0.25, 0.3) is 0 Å². The number of nitrogens with one attached hydrogen (secondary N) is 1. The Morgan fingerprint density at radius 2 is 1.43 bits per heavy atom. The standard InChI is InChI=1S/C19H20F3N3O4S.C2HF3O2/c1-30(28,29)23-16-11-13(18(26)27)5-6-17(16)25-9-7-24(8-10-25)15-4-2-3-14(12-15)19(20,21)22;3-2(4,5)1(6)7/h2-6,11-12,23H,7-10H2,1H3,(H,26,27);(H,6,7). The highest BCUT2D eigenvalue weighted by Gasteiger charge is 2.38. The monoisotopic (exact) mass is 557 g/mol. The van der Waals surface area contributed by atoms with E-state index in [1.165, 1.54) is 24.3 Å². The van der Waals surface area contributed by atoms with Crippen molar-refractivity contribution in [1.82, 2.24) is 0 Å². The number of nitrogens with zero attached hydrogens (tertiary/aromatic N) is 2. The van der Waals surface area contributed by atoms with Gasteiger partial charge >= 0.3 is 24.3 Å². The van der Waals surface area contributed by atoms with Gasteiger partial charge in [-0.25, -0.2) is 18.0 Å². The summed E-state index contributed by atoms with van der Waals surface area (Å²) in [5, 5.41) is 16.3. The maximum atomic E-state index is 13.0. The van der Waals surface area contributed by atoms with Crippen LogP contribution in [0.5, 0.6) is 0 Å². The van der Waals surface area contributed by atoms with Crippen molar-refractivity contribution in [3.63, 3.8) is 0 Å². The lowest BCUT2D eigenvalue weighted by Gasteiger charge is -2.38. The summed E-state index contributed by atoms with van der Waals surface area (Å²) < 4.78 is 96.3. The van der Waals surface area contributed by atoms with E-state index in [0.29, 0.717) is 37.6 Å². The Kier molecular flexibility index (Phi) is 8.90. The van der Waals surface area contributed by atoms with Crippen LogP contribution in [0.2, 0.25) is 0 Å². The number of alkyl halides is 6. The van der Waals surface area contributed by atoms with Gasteiger partial charge in [-0.2, -0.15) is 26.3 Å². The molecule has 16 heteroatoms. The summed E-state index contributed by atoms with van der Waals surface area (Å²) in [5.74, 6) is -3.94. The highest BCUT2D eigenvalue weighted by molar-refractivity contribution is 7.92. The first-order valence-electron chi connectivity index (χ1n) is 10.2. The average Bonchev–Trinajstić information content (AvgIpc) is 2.77. The molecule has 1 aliphatic rings. The third-order valence-corrected chi connectivity index (χ3v) is 5.53. The molecule has 0 amide bonds. The highest BCUT2D eigenvalue weighted by atomic mass is 32.2. The maximum absolute atomic E-state index is 13.0. The molecule has 37 heavy (non-hydrogen) atoms. The minimum atomic E-state index is -5.08. The third kappa shape index (κ3) is 8.73. The van der Waals surface area contributed by atoms with Gasteiger partial charge in [0.25, 0.3) is 0 Å². The van der Waals surface area contributed by atoms with Crippen LogP contribution in [0.1, 0.15) is 15.9 Å². The van der Waals surface area contributed by atoms with Crippen LogP contribution in [0, 0.1) is 0 Å². The molecule has 9 nitrogen and oxygen atoms in total. The lowest BCUT2D eigenvalue weighted by molar-refractivity contribution is -0.192. The molecule has 1 heterocycles. The largest absolute Gasteiger partial charge is 0.490 e. The molecule has 2 aromatic rings. The second-order valence-electron chi connectivity index (χ2n) is 7.74. The van der Waals surface area contributed by atoms with E-state index in [2.05, 4.69) is 4.72 Å². The van der Waals surface area contributed by atoms with Gasteiger partial charge in [0.1, 0.15) is 0 Å². The molecule has 1 fully saturated rings. The number of benzene rings is 2. The first-order valence-corrected chi connectivity index (χ1v) is 12.1. The summed E-state index contributed by atoms with van der Waals surface area (Å²) in [6.07, 6.45) is -8.54. The van der Waals surface area contributed by atoms with Crippen molar-refractivity contribution in [2.75, 3.05) is 47.0 Å². The van der Waals surface area contributed by atoms with E-state index < -0.39 is 39.9 Å². The van der Waals surface area contributed by atoms with Gasteiger partial charge in [0.05, 0.1) is 28.8 Å². The number of piperazine rings is 1. The van der Waals surface area contributed by atoms with Crippen molar-refractivity contribution >= 4 is 39.0 Å². The molecule has 3 rings (SSSR count). The van der Waals surface area contributed by atoms with Gasteiger partial charge in [-0.1, -0.05) is 6.07 Å². The number of hydrogen-bond donors (Lipinski definition) is 3. The molecule has 0 atom stereocenters. The fourth-order valence-corrected chi connectivity index (χ4v) is 3.87. The lowest BCUT2D eigenvalue weighted by atomic mass is 10.1. The molecule has 0 aliphatic carbocycles. The average molecular weight is 557 g/mol. The van der Waals surface area contributed by atoms with Crippen LogP contribution in [-0.2, 0) is 21.0 Å². The zero-order valence-corrected chi connectivity index (χ0v) is 19.8. The predicted molar refractivity (Wildman–Crippen MR) is 121 cm³/mol. The van der Waals surface area contributed by atoms with Crippen LogP contribution in [0.4, 0.5) is 43.4 Å². The van der Waals surface area contributed by atoms with E-state index in [1.807, 2.05) is 9.80 Å². The third-order valence-electron chi connectivity index (χ3n) is 4.94. The van der Waals surface area contributed by atoms with E-state index in [9.17, 15) is 44.7 Å². The summed E-state index contributed by atoms with van der Waals surface area (Å²) in [6, 6.07) is 9.26. The molecule has 0 radical (unpaired) electrons. The number of sulfonamides is 1. The van der Waals surface area contributed by atoms with Gasteiger partial charge < -0.3 is 20.0 Å². The molecule has 0 bridgehead atoms. The number of carboxylic acid groups (broad SMARTS) is 2. The number of aromatic carboxylic acids is 1. The summed E-state index contributed by atoms with van der Waals surface area (Å²) in [4.78, 5) is 23.8. The normalized spacial score (nSPS) is 14.5. The molecular weight excluding hydrogens is 536 g/mol. The maximum Gasteiger partial charge on any atom is 0.490 e. The number of aliphatic carboxylic acids is 1. The number of carbonyl (C=O) groups is 2. The Morgan fingerprint density at radius 3 is 1.89 bits per heavy atom. The highest BCUT2D eigenvalue weighted by Crippen LogP contribution is 2.33. The fraction of sp³-hybridized carbons (Fsp3) is 0.333. The van der Waals surface area contributed by atoms with Crippen molar-refractivity contribution in [1.29, 1.82) is 0 Å². The molecule has 3 N–H and O–H groups in total. The second kappa shape index (κ2) is 11.1. The Labute approximate surface area is 207 Å². The van der Waals surface area contributed by atoms with Crippen molar-refractivity contribution in [2.45, 2.75) is 12.4 Å². The number of hydrogen-bond acceptors (Lipinski definition) is 6. The molecule has 2 aromatic carbocycles. The van der Waals surface area contributed by atoms with Crippen LogP contribution in [-0.4, -0.2) is 69.2 Å². The molecule has 0 aromatic heterocycles. The molecule has 0 saturated carbocycles. The quantitative estimate of drug-likeness (QED) is 0.475. The van der Waals surface area contributed by atoms with Crippen molar-refractivity contribution in [2.24, 2.45) is 0 Å². The Bertz CT molecular complexity index is 1240. The van der Waals surface area contributed by atoms with Gasteiger partial charge in [0, 0.05) is 31.9 Å². The summed E-state index contributed by atoms with van der Waals surface area (Å²) >= 11 is 0. The fourth-order valence-electron chi connectivity index (χ4n) is 3.31. The van der Waals surface area contributed by atoms with Gasteiger partial charge in [-0.15, -0.1) is 0 Å². The van der Waals surface area contributed by atoms with Crippen LogP contribution in [0.3, 0.4) is 0 Å². The van der Waals surface area contributed by atoms with Gasteiger partial charge in [0.2, 0.25) is 10.0 Å². The SMILES string of the molecule is CS(=O)(=O)Nc1cc(C(=O)O)ccc1N1CCN(c2cccc(C(F)(F)F)c2)CC1.O=C(O)C(F)(F)F. The second-order valence-corrected chi connectivity index (χ2v) is 9.48. The smallest absolute Gasteiger partial charge is 0.478 e. The van der Waals surface area contributed by atoms with E-state index in [0.717, 1.165) is 18.4 Å². The molecule has 204 valence electrons. The molecule has 0 spiro atoms. The topological polar surface area (TPSA) is 127 Å². The summed E-state index contributed by atoms with van der Waals surface area (Å²) in [5.41, 5.74) is 0.332. The van der Waals surface area contributed by atoms with Crippen LogP contribution < -0.4 is 14.5 Å². The molecular formula is C21H21F6N3O6S. The summed E-state index contributed by atoms with van der Waals surface area (Å²) in [7, 11) is -3.64.